The van der Waals surface area contributed by atoms with Crippen LogP contribution in [0.1, 0.15) is 102 Å². The number of rotatable bonds is 8. The first-order valence-electron chi connectivity index (χ1n) is 13.7. The third kappa shape index (κ3) is 5.89. The molecular weight excluding hydrogens is 429 g/mol. The largest absolute Gasteiger partial charge is 0.212 e. The lowest BCUT2D eigenvalue weighted by Crippen LogP contribution is -2.18. The first-order chi connectivity index (χ1) is 16.5. The van der Waals surface area contributed by atoms with Crippen LogP contribution in [0.2, 0.25) is 0 Å². The molecule has 0 N–H and O–H groups in total. The summed E-state index contributed by atoms with van der Waals surface area (Å²) in [7, 11) is 0. The van der Waals surface area contributed by atoms with E-state index in [2.05, 4.69) is 19.1 Å². The maximum Gasteiger partial charge on any atom is 0.166 e. The van der Waals surface area contributed by atoms with Crippen molar-refractivity contribution >= 4 is 5.57 Å². The minimum absolute atomic E-state index is 0.0489. The van der Waals surface area contributed by atoms with E-state index >= 15 is 0 Å². The second-order valence-electron chi connectivity index (χ2n) is 10.9. The summed E-state index contributed by atoms with van der Waals surface area (Å²) in [6.07, 6.45) is 18.9. The highest BCUT2D eigenvalue weighted by Crippen LogP contribution is 2.40. The van der Waals surface area contributed by atoms with Crippen LogP contribution in [0, 0.1) is 35.3 Å². The Morgan fingerprint density at radius 2 is 1.62 bits per heavy atom. The minimum Gasteiger partial charge on any atom is -0.212 e. The number of hydrogen-bond donors (Lipinski definition) is 0. The van der Waals surface area contributed by atoms with E-state index in [0.717, 1.165) is 69.8 Å². The molecule has 1 aromatic carbocycles. The maximum atomic E-state index is 14.9. The summed E-state index contributed by atoms with van der Waals surface area (Å²) in [6, 6.07) is 3.61. The van der Waals surface area contributed by atoms with Gasteiger partial charge in [0.25, 0.3) is 0 Å². The van der Waals surface area contributed by atoms with Crippen LogP contribution in [0.5, 0.6) is 0 Å². The molecule has 0 radical (unpaired) electrons. The summed E-state index contributed by atoms with van der Waals surface area (Å²) in [5.74, 6) is 0.479. The van der Waals surface area contributed by atoms with Crippen LogP contribution in [-0.2, 0) is 6.42 Å². The van der Waals surface area contributed by atoms with Crippen LogP contribution >= 0.6 is 0 Å². The molecule has 0 amide bonds. The van der Waals surface area contributed by atoms with Crippen molar-refractivity contribution in [3.63, 3.8) is 0 Å². The van der Waals surface area contributed by atoms with Gasteiger partial charge < -0.3 is 0 Å². The molecule has 2 atom stereocenters. The molecule has 4 rings (SSSR count). The van der Waals surface area contributed by atoms with Gasteiger partial charge in [-0.15, -0.1) is 0 Å². The molecule has 3 aliphatic carbocycles. The van der Waals surface area contributed by atoms with E-state index in [9.17, 15) is 13.2 Å². The first-order valence-corrected chi connectivity index (χ1v) is 13.7. The zero-order valence-electron chi connectivity index (χ0n) is 21.0. The van der Waals surface area contributed by atoms with Gasteiger partial charge in [-0.1, -0.05) is 51.0 Å². The lowest BCUT2D eigenvalue weighted by Gasteiger charge is -2.31. The number of benzene rings is 1. The summed E-state index contributed by atoms with van der Waals surface area (Å²) in [5.41, 5.74) is 3.13. The second kappa shape index (κ2) is 11.8. The third-order valence-electron chi connectivity index (χ3n) is 8.69. The van der Waals surface area contributed by atoms with Gasteiger partial charge in [-0.3, -0.25) is 0 Å². The van der Waals surface area contributed by atoms with E-state index in [4.69, 9.17) is 0 Å². The van der Waals surface area contributed by atoms with Crippen molar-refractivity contribution < 1.29 is 13.2 Å². The number of aryl methyl sites for hydroxylation is 1. The fraction of sp³-hybridized carbons (Fsp3) is 0.613. The fourth-order valence-corrected chi connectivity index (χ4v) is 6.35. The molecule has 1 saturated carbocycles. The highest BCUT2D eigenvalue weighted by Gasteiger charge is 2.27. The highest BCUT2D eigenvalue weighted by molar-refractivity contribution is 5.67. The summed E-state index contributed by atoms with van der Waals surface area (Å²) >= 11 is 0. The molecule has 0 bridgehead atoms. The van der Waals surface area contributed by atoms with Gasteiger partial charge in [0.1, 0.15) is 5.83 Å². The van der Waals surface area contributed by atoms with Crippen LogP contribution in [0.25, 0.3) is 5.57 Å². The molecule has 0 aromatic heterocycles. The molecule has 3 aliphatic rings. The van der Waals surface area contributed by atoms with Gasteiger partial charge in [0.15, 0.2) is 11.6 Å². The molecule has 0 heterocycles. The first kappa shape index (κ1) is 25.3. The smallest absolute Gasteiger partial charge is 0.166 e. The molecule has 186 valence electrons. The summed E-state index contributed by atoms with van der Waals surface area (Å²) < 4.78 is 44.1. The lowest BCUT2D eigenvalue weighted by molar-refractivity contribution is 0.287. The van der Waals surface area contributed by atoms with Gasteiger partial charge in [-0.05, 0) is 111 Å². The van der Waals surface area contributed by atoms with E-state index in [0.29, 0.717) is 35.3 Å². The van der Waals surface area contributed by atoms with Crippen molar-refractivity contribution in [3.05, 3.63) is 64.5 Å². The average molecular weight is 471 g/mol. The third-order valence-corrected chi connectivity index (χ3v) is 8.69. The lowest BCUT2D eigenvalue weighted by atomic mass is 9.75. The monoisotopic (exact) mass is 470 g/mol. The molecule has 2 unspecified atom stereocenters. The quantitative estimate of drug-likeness (QED) is 0.354. The molecule has 0 spiro atoms. The van der Waals surface area contributed by atoms with Crippen LogP contribution in [0.4, 0.5) is 13.2 Å². The Labute approximate surface area is 204 Å². The van der Waals surface area contributed by atoms with E-state index in [1.54, 1.807) is 12.1 Å². The Kier molecular flexibility index (Phi) is 8.77. The van der Waals surface area contributed by atoms with Crippen LogP contribution in [0.3, 0.4) is 0 Å². The standard InChI is InChI=1S/C31H41F3/c1-3-5-21-8-13-25(14-9-21)28-19-18-26(30(33)31(28)34)15-10-22-6-11-24(12-7-22)27-17-16-23(4-2)29(32)20-27/h13,17-24H,3-12,14-16H2,1-2H3. The zero-order chi connectivity index (χ0) is 24.1. The van der Waals surface area contributed by atoms with Gasteiger partial charge in [0.2, 0.25) is 0 Å². The summed E-state index contributed by atoms with van der Waals surface area (Å²) in [5, 5.41) is 0. The van der Waals surface area contributed by atoms with E-state index < -0.39 is 11.6 Å². The van der Waals surface area contributed by atoms with Gasteiger partial charge in [0.05, 0.1) is 0 Å². The molecule has 0 saturated heterocycles. The van der Waals surface area contributed by atoms with Crippen molar-refractivity contribution in [2.24, 2.45) is 23.7 Å². The van der Waals surface area contributed by atoms with Crippen molar-refractivity contribution in [3.8, 4) is 0 Å². The van der Waals surface area contributed by atoms with Crippen molar-refractivity contribution in [1.82, 2.24) is 0 Å². The Morgan fingerprint density at radius 3 is 2.26 bits per heavy atom. The van der Waals surface area contributed by atoms with Crippen LogP contribution in [0.15, 0.2) is 41.8 Å². The predicted molar refractivity (Wildman–Crippen MR) is 136 cm³/mol. The number of hydrogen-bond acceptors (Lipinski definition) is 0. The van der Waals surface area contributed by atoms with Crippen LogP contribution < -0.4 is 0 Å². The van der Waals surface area contributed by atoms with Crippen molar-refractivity contribution in [2.45, 2.75) is 97.3 Å². The molecule has 1 fully saturated rings. The molecule has 34 heavy (non-hydrogen) atoms. The molecule has 1 aromatic rings. The number of allylic oxidation sites excluding steroid dienone is 6. The Bertz CT molecular complexity index is 930. The predicted octanol–water partition coefficient (Wildman–Crippen LogP) is 9.90. The molecule has 0 aliphatic heterocycles. The SMILES string of the molecule is CCCC1CC=C(c2ccc(CCC3CCC(C4=CCC(CC)C(F)=C4)CC3)c(F)c2F)CC1. The Morgan fingerprint density at radius 1 is 0.824 bits per heavy atom. The molecule has 0 nitrogen and oxygen atoms in total. The van der Waals surface area contributed by atoms with Crippen molar-refractivity contribution in [2.75, 3.05) is 0 Å². The average Bonchev–Trinajstić information content (AvgIpc) is 2.86. The highest BCUT2D eigenvalue weighted by atomic mass is 19.2. The maximum absolute atomic E-state index is 14.9. The fourth-order valence-electron chi connectivity index (χ4n) is 6.35. The minimum atomic E-state index is -0.662. The van der Waals surface area contributed by atoms with Gasteiger partial charge in [-0.25, -0.2) is 13.2 Å². The van der Waals surface area contributed by atoms with Gasteiger partial charge in [0, 0.05) is 11.5 Å². The Hall–Kier alpha value is -1.77. The normalized spacial score (nSPS) is 27.7. The van der Waals surface area contributed by atoms with Gasteiger partial charge >= 0.3 is 0 Å². The number of halogens is 3. The van der Waals surface area contributed by atoms with E-state index in [1.165, 1.54) is 18.4 Å². The Balaban J connectivity index is 1.29. The van der Waals surface area contributed by atoms with Gasteiger partial charge in [-0.2, -0.15) is 0 Å². The summed E-state index contributed by atoms with van der Waals surface area (Å²) in [6.45, 7) is 4.24. The molecule has 3 heteroatoms. The zero-order valence-corrected chi connectivity index (χ0v) is 21.0. The van der Waals surface area contributed by atoms with E-state index in [-0.39, 0.29) is 11.7 Å². The van der Waals surface area contributed by atoms with Crippen molar-refractivity contribution in [1.29, 1.82) is 0 Å². The molecular formula is C31H41F3. The topological polar surface area (TPSA) is 0 Å². The summed E-state index contributed by atoms with van der Waals surface area (Å²) in [4.78, 5) is 0. The van der Waals surface area contributed by atoms with E-state index in [1.807, 2.05) is 13.0 Å². The van der Waals surface area contributed by atoms with Crippen LogP contribution in [-0.4, -0.2) is 0 Å². The second-order valence-corrected chi connectivity index (χ2v) is 10.9.